The molecule has 0 atom stereocenters. The van der Waals surface area contributed by atoms with Gasteiger partial charge >= 0.3 is 0 Å². The summed E-state index contributed by atoms with van der Waals surface area (Å²) >= 11 is 0. The molecule has 7 heteroatoms. The summed E-state index contributed by atoms with van der Waals surface area (Å²) in [6.07, 6.45) is 5.53. The molecule has 0 aromatic heterocycles. The van der Waals surface area contributed by atoms with Gasteiger partial charge in [-0.25, -0.2) is 0 Å². The van der Waals surface area contributed by atoms with Crippen LogP contribution in [0.15, 0.2) is 60.7 Å². The molecule has 3 amide bonds. The lowest BCUT2D eigenvalue weighted by Gasteiger charge is -2.34. The van der Waals surface area contributed by atoms with E-state index in [1.165, 1.54) is 11.6 Å². The molecule has 3 rings (SSSR count). The number of carbonyl (C=O) groups excluding carboxylic acids is 3. The van der Waals surface area contributed by atoms with Crippen molar-refractivity contribution >= 4 is 23.8 Å². The van der Waals surface area contributed by atoms with Crippen molar-refractivity contribution in [2.45, 2.75) is 19.3 Å². The van der Waals surface area contributed by atoms with E-state index in [-0.39, 0.29) is 18.4 Å². The zero-order valence-electron chi connectivity index (χ0n) is 18.1. The standard InChI is InChI=1S/C25H29N3O4/c26-23(29)19-32-22-12-9-21(10-13-22)11-14-25(31)28-17-15-27(16-18-28)24(30)8-4-7-20-5-2-1-3-6-20/h1-3,5-6,9-14H,4,7-8,15-19H2,(H2,26,29)/b14-11+. The molecule has 1 heterocycles. The molecule has 1 saturated heterocycles. The Bertz CT molecular complexity index is 933. The van der Waals surface area contributed by atoms with Crippen LogP contribution in [0.5, 0.6) is 5.75 Å². The van der Waals surface area contributed by atoms with E-state index in [0.29, 0.717) is 38.3 Å². The first-order valence-electron chi connectivity index (χ1n) is 10.8. The van der Waals surface area contributed by atoms with Gasteiger partial charge in [-0.05, 0) is 42.2 Å². The predicted octanol–water partition coefficient (Wildman–Crippen LogP) is 2.26. The summed E-state index contributed by atoms with van der Waals surface area (Å²) in [7, 11) is 0. The van der Waals surface area contributed by atoms with Crippen LogP contribution >= 0.6 is 0 Å². The maximum Gasteiger partial charge on any atom is 0.255 e. The molecule has 0 aliphatic carbocycles. The third kappa shape index (κ3) is 7.27. The lowest BCUT2D eigenvalue weighted by Crippen LogP contribution is -2.50. The highest BCUT2D eigenvalue weighted by Gasteiger charge is 2.22. The number of nitrogens with zero attached hydrogens (tertiary/aromatic N) is 2. The van der Waals surface area contributed by atoms with Gasteiger partial charge in [-0.15, -0.1) is 0 Å². The quantitative estimate of drug-likeness (QED) is 0.612. The highest BCUT2D eigenvalue weighted by Crippen LogP contribution is 2.14. The largest absolute Gasteiger partial charge is 0.484 e. The van der Waals surface area contributed by atoms with Crippen LogP contribution < -0.4 is 10.5 Å². The molecule has 2 aromatic rings. The van der Waals surface area contributed by atoms with E-state index in [4.69, 9.17) is 10.5 Å². The van der Waals surface area contributed by atoms with Gasteiger partial charge in [-0.3, -0.25) is 14.4 Å². The number of ether oxygens (including phenoxy) is 1. The first-order valence-corrected chi connectivity index (χ1v) is 10.8. The number of aryl methyl sites for hydroxylation is 1. The predicted molar refractivity (Wildman–Crippen MR) is 123 cm³/mol. The van der Waals surface area contributed by atoms with Crippen molar-refractivity contribution in [3.8, 4) is 5.75 Å². The van der Waals surface area contributed by atoms with Crippen LogP contribution in [0, 0.1) is 0 Å². The molecular weight excluding hydrogens is 406 g/mol. The van der Waals surface area contributed by atoms with Crippen LogP contribution in [0.25, 0.3) is 6.08 Å². The van der Waals surface area contributed by atoms with Gasteiger partial charge in [0.1, 0.15) is 5.75 Å². The highest BCUT2D eigenvalue weighted by atomic mass is 16.5. The van der Waals surface area contributed by atoms with E-state index in [1.54, 1.807) is 35.2 Å². The second kappa shape index (κ2) is 11.7. The molecule has 168 valence electrons. The molecule has 1 fully saturated rings. The van der Waals surface area contributed by atoms with Gasteiger partial charge in [-0.2, -0.15) is 0 Å². The minimum Gasteiger partial charge on any atom is -0.484 e. The fourth-order valence-corrected chi connectivity index (χ4v) is 3.53. The van der Waals surface area contributed by atoms with Crippen LogP contribution in [0.2, 0.25) is 0 Å². The average Bonchev–Trinajstić information content (AvgIpc) is 2.82. The molecule has 0 unspecified atom stereocenters. The summed E-state index contributed by atoms with van der Waals surface area (Å²) < 4.78 is 5.21. The molecule has 2 aromatic carbocycles. The van der Waals surface area contributed by atoms with E-state index < -0.39 is 5.91 Å². The Morgan fingerprint density at radius 2 is 1.56 bits per heavy atom. The molecular formula is C25H29N3O4. The summed E-state index contributed by atoms with van der Waals surface area (Å²) in [5, 5.41) is 0. The molecule has 7 nitrogen and oxygen atoms in total. The fourth-order valence-electron chi connectivity index (χ4n) is 3.53. The first kappa shape index (κ1) is 23.1. The number of amides is 3. The Hall–Kier alpha value is -3.61. The Morgan fingerprint density at radius 1 is 0.906 bits per heavy atom. The van der Waals surface area contributed by atoms with Gasteiger partial charge in [0, 0.05) is 38.7 Å². The van der Waals surface area contributed by atoms with E-state index >= 15 is 0 Å². The van der Waals surface area contributed by atoms with Crippen molar-refractivity contribution in [1.29, 1.82) is 0 Å². The number of benzene rings is 2. The van der Waals surface area contributed by atoms with Crippen LogP contribution in [-0.2, 0) is 20.8 Å². The van der Waals surface area contributed by atoms with Gasteiger partial charge < -0.3 is 20.3 Å². The van der Waals surface area contributed by atoms with E-state index in [1.807, 2.05) is 23.1 Å². The number of nitrogens with two attached hydrogens (primary N) is 1. The summed E-state index contributed by atoms with van der Waals surface area (Å²) in [6.45, 7) is 2.03. The normalized spacial score (nSPS) is 13.9. The van der Waals surface area contributed by atoms with Gasteiger partial charge in [0.2, 0.25) is 11.8 Å². The minimum absolute atomic E-state index is 0.0739. The second-order valence-electron chi connectivity index (χ2n) is 7.70. The van der Waals surface area contributed by atoms with Crippen molar-refractivity contribution in [2.24, 2.45) is 5.73 Å². The van der Waals surface area contributed by atoms with Crippen LogP contribution in [0.3, 0.4) is 0 Å². The van der Waals surface area contributed by atoms with Crippen LogP contribution in [0.4, 0.5) is 0 Å². The molecule has 0 saturated carbocycles. The number of hydrogen-bond acceptors (Lipinski definition) is 4. The molecule has 0 spiro atoms. The number of primary amides is 1. The van der Waals surface area contributed by atoms with E-state index in [9.17, 15) is 14.4 Å². The Morgan fingerprint density at radius 3 is 2.22 bits per heavy atom. The number of piperazine rings is 1. The fraction of sp³-hybridized carbons (Fsp3) is 0.320. The van der Waals surface area contributed by atoms with Crippen LogP contribution in [-0.4, -0.2) is 60.3 Å². The van der Waals surface area contributed by atoms with E-state index in [2.05, 4.69) is 12.1 Å². The Labute approximate surface area is 188 Å². The highest BCUT2D eigenvalue weighted by molar-refractivity contribution is 5.92. The number of rotatable bonds is 9. The van der Waals surface area contributed by atoms with Crippen molar-refractivity contribution < 1.29 is 19.1 Å². The summed E-state index contributed by atoms with van der Waals surface area (Å²) in [5.74, 6) is 0.0860. The topological polar surface area (TPSA) is 92.9 Å². The third-order valence-corrected chi connectivity index (χ3v) is 5.32. The summed E-state index contributed by atoms with van der Waals surface area (Å²) in [6, 6.07) is 17.2. The number of carbonyl (C=O) groups is 3. The monoisotopic (exact) mass is 435 g/mol. The van der Waals surface area contributed by atoms with Crippen molar-refractivity contribution in [1.82, 2.24) is 9.80 Å². The molecule has 2 N–H and O–H groups in total. The number of hydrogen-bond donors (Lipinski definition) is 1. The molecule has 1 aliphatic rings. The third-order valence-electron chi connectivity index (χ3n) is 5.32. The Kier molecular flexibility index (Phi) is 8.43. The molecule has 1 aliphatic heterocycles. The zero-order valence-corrected chi connectivity index (χ0v) is 18.1. The summed E-state index contributed by atoms with van der Waals surface area (Å²) in [5.41, 5.74) is 7.14. The molecule has 0 radical (unpaired) electrons. The SMILES string of the molecule is NC(=O)COc1ccc(/C=C/C(=O)N2CCN(C(=O)CCCc3ccccc3)CC2)cc1. The van der Waals surface area contributed by atoms with Gasteiger partial charge in [0.05, 0.1) is 0 Å². The van der Waals surface area contributed by atoms with Crippen molar-refractivity contribution in [3.05, 3.63) is 71.8 Å². The van der Waals surface area contributed by atoms with Crippen molar-refractivity contribution in [2.75, 3.05) is 32.8 Å². The first-order chi connectivity index (χ1) is 15.5. The molecule has 0 bridgehead atoms. The summed E-state index contributed by atoms with van der Waals surface area (Å²) in [4.78, 5) is 39.3. The van der Waals surface area contributed by atoms with E-state index in [0.717, 1.165) is 18.4 Å². The lowest BCUT2D eigenvalue weighted by molar-refractivity contribution is -0.137. The van der Waals surface area contributed by atoms with Crippen molar-refractivity contribution in [3.63, 3.8) is 0 Å². The van der Waals surface area contributed by atoms with Crippen LogP contribution in [0.1, 0.15) is 24.0 Å². The zero-order chi connectivity index (χ0) is 22.8. The maximum atomic E-state index is 12.5. The second-order valence-corrected chi connectivity index (χ2v) is 7.70. The van der Waals surface area contributed by atoms with Gasteiger partial charge in [0.25, 0.3) is 5.91 Å². The average molecular weight is 436 g/mol. The maximum absolute atomic E-state index is 12.5. The minimum atomic E-state index is -0.534. The lowest BCUT2D eigenvalue weighted by atomic mass is 10.1. The van der Waals surface area contributed by atoms with Gasteiger partial charge in [-0.1, -0.05) is 42.5 Å². The van der Waals surface area contributed by atoms with Gasteiger partial charge in [0.15, 0.2) is 6.61 Å². The molecule has 32 heavy (non-hydrogen) atoms. The Balaban J connectivity index is 1.39. The smallest absolute Gasteiger partial charge is 0.255 e.